The van der Waals surface area contributed by atoms with Crippen LogP contribution in [0.4, 0.5) is 5.82 Å². The van der Waals surface area contributed by atoms with Crippen LogP contribution in [0.3, 0.4) is 0 Å². The van der Waals surface area contributed by atoms with Crippen LogP contribution < -0.4 is 9.46 Å². The lowest BCUT2D eigenvalue weighted by molar-refractivity contribution is 0.394. The van der Waals surface area contributed by atoms with Crippen LogP contribution in [0.15, 0.2) is 40.6 Å². The summed E-state index contributed by atoms with van der Waals surface area (Å²) >= 11 is 0. The molecule has 9 nitrogen and oxygen atoms in total. The van der Waals surface area contributed by atoms with Crippen molar-refractivity contribution in [2.24, 2.45) is 0 Å². The smallest absolute Gasteiger partial charge is 0.264 e. The van der Waals surface area contributed by atoms with Crippen molar-refractivity contribution >= 4 is 25.7 Å². The summed E-state index contributed by atoms with van der Waals surface area (Å²) in [4.78, 5) is 11.1. The maximum atomic E-state index is 12.2. The summed E-state index contributed by atoms with van der Waals surface area (Å²) in [6.45, 7) is 0. The third-order valence-electron chi connectivity index (χ3n) is 2.47. The van der Waals surface area contributed by atoms with Crippen LogP contribution >= 0.6 is 0 Å². The fraction of sp³-hybridized carbons (Fsp3) is 0.182. The summed E-state index contributed by atoms with van der Waals surface area (Å²) in [7, 11) is -6.31. The average Bonchev–Trinajstić information content (AvgIpc) is 2.47. The average molecular weight is 344 g/mol. The van der Waals surface area contributed by atoms with Gasteiger partial charge in [0.05, 0.1) is 13.3 Å². The molecule has 0 bridgehead atoms. The summed E-state index contributed by atoms with van der Waals surface area (Å²) in [6, 6.07) is 2.81. The number of pyridine rings is 1. The van der Waals surface area contributed by atoms with Gasteiger partial charge >= 0.3 is 0 Å². The van der Waals surface area contributed by atoms with E-state index in [2.05, 4.69) is 19.7 Å². The summed E-state index contributed by atoms with van der Waals surface area (Å²) in [6.07, 6.45) is 4.49. The van der Waals surface area contributed by atoms with Crippen molar-refractivity contribution in [3.8, 4) is 5.88 Å². The van der Waals surface area contributed by atoms with Crippen molar-refractivity contribution in [1.82, 2.24) is 15.0 Å². The van der Waals surface area contributed by atoms with Crippen LogP contribution in [0.1, 0.15) is 0 Å². The minimum absolute atomic E-state index is 0.0777. The van der Waals surface area contributed by atoms with E-state index in [-0.39, 0.29) is 21.6 Å². The van der Waals surface area contributed by atoms with Crippen molar-refractivity contribution in [3.05, 3.63) is 30.7 Å². The number of sulfone groups is 1. The van der Waals surface area contributed by atoms with Crippen molar-refractivity contribution in [3.63, 3.8) is 0 Å². The normalized spacial score (nSPS) is 11.9. The molecule has 0 saturated heterocycles. The SMILES string of the molecule is COc1nc(S(C)(=O)=O)cnc1NS(=O)(=O)c1cccnc1. The Morgan fingerprint density at radius 1 is 1.18 bits per heavy atom. The third kappa shape index (κ3) is 3.49. The molecule has 0 aliphatic carbocycles. The fourth-order valence-electron chi connectivity index (χ4n) is 1.44. The molecule has 0 aliphatic rings. The largest absolute Gasteiger partial charge is 0.478 e. The van der Waals surface area contributed by atoms with Gasteiger partial charge in [0.2, 0.25) is 5.82 Å². The maximum absolute atomic E-state index is 12.2. The Balaban J connectivity index is 2.42. The zero-order chi connectivity index (χ0) is 16.4. The summed E-state index contributed by atoms with van der Waals surface area (Å²) < 4.78 is 54.2. The highest BCUT2D eigenvalue weighted by Gasteiger charge is 2.20. The molecule has 0 amide bonds. The number of aromatic nitrogens is 3. The Labute approximate surface area is 127 Å². The molecule has 0 radical (unpaired) electrons. The second-order valence-electron chi connectivity index (χ2n) is 4.13. The predicted octanol–water partition coefficient (Wildman–Crippen LogP) is 0.0845. The Hall–Kier alpha value is -2.27. The Morgan fingerprint density at radius 2 is 1.91 bits per heavy atom. The van der Waals surface area contributed by atoms with Crippen LogP contribution in [-0.4, -0.2) is 45.2 Å². The molecule has 2 rings (SSSR count). The molecule has 0 aromatic carbocycles. The van der Waals surface area contributed by atoms with Crippen molar-refractivity contribution in [2.75, 3.05) is 18.1 Å². The molecule has 0 spiro atoms. The highest BCUT2D eigenvalue weighted by molar-refractivity contribution is 7.92. The van der Waals surface area contributed by atoms with Crippen LogP contribution in [0.5, 0.6) is 5.88 Å². The molecule has 2 aromatic heterocycles. The quantitative estimate of drug-likeness (QED) is 0.808. The van der Waals surface area contributed by atoms with Gasteiger partial charge in [-0.25, -0.2) is 21.8 Å². The van der Waals surface area contributed by atoms with Gasteiger partial charge in [-0.05, 0) is 12.1 Å². The van der Waals surface area contributed by atoms with Gasteiger partial charge in [-0.15, -0.1) is 0 Å². The minimum atomic E-state index is -3.94. The van der Waals surface area contributed by atoms with Gasteiger partial charge in [-0.2, -0.15) is 4.98 Å². The second-order valence-corrected chi connectivity index (χ2v) is 7.78. The van der Waals surface area contributed by atoms with Gasteiger partial charge in [-0.3, -0.25) is 9.71 Å². The first-order chi connectivity index (χ1) is 10.2. The highest BCUT2D eigenvalue weighted by Crippen LogP contribution is 2.23. The number of methoxy groups -OCH3 is 1. The number of sulfonamides is 1. The van der Waals surface area contributed by atoms with Crippen molar-refractivity contribution < 1.29 is 21.6 Å². The first-order valence-corrected chi connectivity index (χ1v) is 9.15. The van der Waals surface area contributed by atoms with E-state index in [9.17, 15) is 16.8 Å². The Kier molecular flexibility index (Phi) is 4.28. The number of rotatable bonds is 5. The van der Waals surface area contributed by atoms with Gasteiger partial charge in [-0.1, -0.05) is 0 Å². The second kappa shape index (κ2) is 5.85. The molecular weight excluding hydrogens is 332 g/mol. The zero-order valence-corrected chi connectivity index (χ0v) is 13.2. The van der Waals surface area contributed by atoms with Crippen LogP contribution in [-0.2, 0) is 19.9 Å². The number of nitrogens with zero attached hydrogens (tertiary/aromatic N) is 3. The van der Waals surface area contributed by atoms with Gasteiger partial charge < -0.3 is 4.74 Å². The molecule has 22 heavy (non-hydrogen) atoms. The van der Waals surface area contributed by atoms with Gasteiger partial charge in [0, 0.05) is 18.6 Å². The topological polar surface area (TPSA) is 128 Å². The lowest BCUT2D eigenvalue weighted by Crippen LogP contribution is -2.16. The van der Waals surface area contributed by atoms with Crippen LogP contribution in [0, 0.1) is 0 Å². The van der Waals surface area contributed by atoms with Gasteiger partial charge in [0.25, 0.3) is 15.9 Å². The molecule has 2 aromatic rings. The van der Waals surface area contributed by atoms with E-state index < -0.39 is 19.9 Å². The number of hydrogen-bond donors (Lipinski definition) is 1. The Morgan fingerprint density at radius 3 is 2.45 bits per heavy atom. The number of ether oxygens (including phenoxy) is 1. The first kappa shape index (κ1) is 16.1. The summed E-state index contributed by atoms with van der Waals surface area (Å²) in [5.41, 5.74) is 0. The van der Waals surface area contributed by atoms with Gasteiger partial charge in [0.1, 0.15) is 4.90 Å². The lowest BCUT2D eigenvalue weighted by Gasteiger charge is -2.10. The molecule has 0 fully saturated rings. The Bertz CT molecular complexity index is 882. The van der Waals surface area contributed by atoms with Crippen LogP contribution in [0.25, 0.3) is 0 Å². The van der Waals surface area contributed by atoms with E-state index in [1.165, 1.54) is 25.4 Å². The molecule has 118 valence electrons. The molecule has 0 unspecified atom stereocenters. The minimum Gasteiger partial charge on any atom is -0.478 e. The van der Waals surface area contributed by atoms with E-state index in [0.717, 1.165) is 18.6 Å². The molecule has 2 heterocycles. The maximum Gasteiger partial charge on any atom is 0.264 e. The first-order valence-electron chi connectivity index (χ1n) is 5.78. The van der Waals surface area contributed by atoms with Crippen molar-refractivity contribution in [2.45, 2.75) is 9.92 Å². The summed E-state index contributed by atoms with van der Waals surface area (Å²) in [5.74, 6) is -0.478. The van der Waals surface area contributed by atoms with Crippen LogP contribution in [0.2, 0.25) is 0 Å². The standard InChI is InChI=1S/C11H12N4O5S2/c1-20-11-10(13-7-9(14-11)21(2,16)17)15-22(18,19)8-4-3-5-12-6-8/h3-7H,1-2H3,(H,13,15). The predicted molar refractivity (Wildman–Crippen MR) is 76.7 cm³/mol. The highest BCUT2D eigenvalue weighted by atomic mass is 32.2. The molecule has 1 N–H and O–H groups in total. The van der Waals surface area contributed by atoms with E-state index in [0.29, 0.717) is 0 Å². The van der Waals surface area contributed by atoms with E-state index >= 15 is 0 Å². The van der Waals surface area contributed by atoms with Crippen molar-refractivity contribution in [1.29, 1.82) is 0 Å². The van der Waals surface area contributed by atoms with Gasteiger partial charge in [0.15, 0.2) is 14.9 Å². The molecule has 0 aliphatic heterocycles. The molecule has 11 heteroatoms. The fourth-order valence-corrected chi connectivity index (χ4v) is 2.90. The number of anilines is 1. The lowest BCUT2D eigenvalue weighted by atomic mass is 10.5. The number of nitrogens with one attached hydrogen (secondary N) is 1. The number of hydrogen-bond acceptors (Lipinski definition) is 8. The van der Waals surface area contributed by atoms with E-state index in [1.807, 2.05) is 0 Å². The third-order valence-corrected chi connectivity index (χ3v) is 4.75. The molecule has 0 saturated carbocycles. The summed E-state index contributed by atoms with van der Waals surface area (Å²) in [5, 5.41) is -0.325. The van der Waals surface area contributed by atoms with E-state index in [1.54, 1.807) is 0 Å². The zero-order valence-electron chi connectivity index (χ0n) is 11.6. The van der Waals surface area contributed by atoms with E-state index in [4.69, 9.17) is 4.74 Å². The monoisotopic (exact) mass is 344 g/mol. The molecular formula is C11H12N4O5S2. The molecule has 0 atom stereocenters.